The number of hydrogen-bond acceptors (Lipinski definition) is 5. The van der Waals surface area contributed by atoms with Gasteiger partial charge in [0.25, 0.3) is 5.91 Å². The molecule has 0 fully saturated rings. The topological polar surface area (TPSA) is 81.7 Å². The molecule has 4 rings (SSSR count). The number of nitrogens with zero attached hydrogens (tertiary/aromatic N) is 3. The summed E-state index contributed by atoms with van der Waals surface area (Å²) in [5.41, 5.74) is 2.33. The lowest BCUT2D eigenvalue weighted by Crippen LogP contribution is -2.37. The maximum atomic E-state index is 13.5. The van der Waals surface area contributed by atoms with Crippen LogP contribution in [0.2, 0.25) is 0 Å². The number of nitrogens with one attached hydrogen (secondary N) is 1. The molecule has 1 aliphatic heterocycles. The first-order valence-electron chi connectivity index (χ1n) is 11.2. The number of carbonyl (C=O) groups excluding carboxylic acids is 1. The predicted octanol–water partition coefficient (Wildman–Crippen LogP) is 3.51. The van der Waals surface area contributed by atoms with E-state index in [4.69, 9.17) is 19.6 Å². The predicted molar refractivity (Wildman–Crippen MR) is 124 cm³/mol. The first-order valence-corrected chi connectivity index (χ1v) is 11.2. The molecule has 2 heterocycles. The molecule has 1 aromatic heterocycles. The molecule has 0 unspecified atom stereocenters. The summed E-state index contributed by atoms with van der Waals surface area (Å²) < 4.78 is 57.8. The molecule has 0 saturated carbocycles. The van der Waals surface area contributed by atoms with Gasteiger partial charge in [0.1, 0.15) is 17.2 Å². The van der Waals surface area contributed by atoms with Crippen LogP contribution in [0.4, 0.5) is 13.2 Å². The van der Waals surface area contributed by atoms with Crippen LogP contribution in [-0.2, 0) is 26.6 Å². The number of aromatic nitrogens is 2. The van der Waals surface area contributed by atoms with Crippen LogP contribution in [0, 0.1) is 5.41 Å². The van der Waals surface area contributed by atoms with Crippen molar-refractivity contribution in [2.75, 3.05) is 27.4 Å². The highest BCUT2D eigenvalue weighted by Crippen LogP contribution is 2.33. The normalized spacial score (nSPS) is 13.5. The largest absolute Gasteiger partial charge is 0.497 e. The van der Waals surface area contributed by atoms with Gasteiger partial charge in [0.05, 0.1) is 20.8 Å². The molecule has 0 atom stereocenters. The maximum Gasteiger partial charge on any atom is 0.422 e. The van der Waals surface area contributed by atoms with E-state index in [0.717, 1.165) is 5.56 Å². The Kier molecular flexibility index (Phi) is 7.00. The fourth-order valence-electron chi connectivity index (χ4n) is 4.23. The zero-order valence-electron chi connectivity index (χ0n) is 20.2. The van der Waals surface area contributed by atoms with E-state index in [1.54, 1.807) is 57.7 Å². The molecule has 1 aliphatic rings. The molecule has 8 nitrogen and oxygen atoms in total. The van der Waals surface area contributed by atoms with Crippen LogP contribution in [0.25, 0.3) is 0 Å². The van der Waals surface area contributed by atoms with Crippen LogP contribution >= 0.6 is 0 Å². The Hall–Kier alpha value is -3.89. The lowest BCUT2D eigenvalue weighted by atomic mass is 9.95. The summed E-state index contributed by atoms with van der Waals surface area (Å²) in [6.45, 7) is -0.654. The number of aryl methyl sites for hydroxylation is 1. The average Bonchev–Trinajstić information content (AvgIpc) is 3.16. The maximum absolute atomic E-state index is 13.5. The van der Waals surface area contributed by atoms with E-state index in [1.807, 2.05) is 0 Å². The quantitative estimate of drug-likeness (QED) is 0.509. The Morgan fingerprint density at radius 2 is 1.64 bits per heavy atom. The van der Waals surface area contributed by atoms with Gasteiger partial charge in [-0.3, -0.25) is 10.2 Å². The minimum Gasteiger partial charge on any atom is -0.497 e. The van der Waals surface area contributed by atoms with Crippen molar-refractivity contribution in [2.45, 2.75) is 25.7 Å². The Labute approximate surface area is 205 Å². The van der Waals surface area contributed by atoms with Crippen LogP contribution in [0.15, 0.2) is 42.7 Å². The van der Waals surface area contributed by atoms with Gasteiger partial charge in [0.2, 0.25) is 5.62 Å². The van der Waals surface area contributed by atoms with E-state index in [1.165, 1.54) is 20.3 Å². The molecule has 0 aliphatic carbocycles. The minimum atomic E-state index is -4.51. The van der Waals surface area contributed by atoms with E-state index < -0.39 is 12.8 Å². The molecule has 192 valence electrons. The van der Waals surface area contributed by atoms with Crippen LogP contribution in [0.1, 0.15) is 27.0 Å². The smallest absolute Gasteiger partial charge is 0.422 e. The molecule has 36 heavy (non-hydrogen) atoms. The number of rotatable bonds is 8. The number of methoxy groups -OCH3 is 2. The molecule has 0 saturated heterocycles. The number of benzene rings is 2. The van der Waals surface area contributed by atoms with Crippen molar-refractivity contribution >= 4 is 5.91 Å². The third-order valence-corrected chi connectivity index (χ3v) is 6.02. The lowest BCUT2D eigenvalue weighted by Gasteiger charge is -2.30. The van der Waals surface area contributed by atoms with Crippen LogP contribution in [0.3, 0.4) is 0 Å². The Bertz CT molecular complexity index is 1310. The van der Waals surface area contributed by atoms with E-state index >= 15 is 0 Å². The zero-order chi connectivity index (χ0) is 26.0. The van der Waals surface area contributed by atoms with Gasteiger partial charge in [-0.05, 0) is 41.8 Å². The first kappa shape index (κ1) is 25.2. The molecule has 1 N–H and O–H groups in total. The third-order valence-electron chi connectivity index (χ3n) is 6.02. The highest BCUT2D eigenvalue weighted by Gasteiger charge is 2.32. The van der Waals surface area contributed by atoms with E-state index in [9.17, 15) is 18.0 Å². The highest BCUT2D eigenvalue weighted by molar-refractivity contribution is 5.97. The summed E-state index contributed by atoms with van der Waals surface area (Å²) in [6.07, 6.45) is -0.765. The summed E-state index contributed by atoms with van der Waals surface area (Å²) in [4.78, 5) is 15.1. The van der Waals surface area contributed by atoms with Gasteiger partial charge in [0, 0.05) is 49.7 Å². The van der Waals surface area contributed by atoms with Crippen molar-refractivity contribution in [3.8, 4) is 17.2 Å². The Morgan fingerprint density at radius 3 is 2.22 bits per heavy atom. The minimum absolute atomic E-state index is 0.0407. The number of carbonyl (C=O) groups is 1. The lowest BCUT2D eigenvalue weighted by molar-refractivity contribution is -0.153. The third kappa shape index (κ3) is 5.50. The second-order valence-corrected chi connectivity index (χ2v) is 8.58. The standard InChI is InChI=1S/C25H27F3N4O4/c1-30-6-7-32(24(30)29)14-17-10-21-20(22(11-17)36-15-25(26,27)28)4-5-31(23(21)33)13-16-8-18(34-2)12-19(9-16)35-3/h6-12,29H,4-5,13-15H2,1-3H3. The molecular weight excluding hydrogens is 477 g/mol. The first-order chi connectivity index (χ1) is 17.1. The number of alkyl halides is 3. The van der Waals surface area contributed by atoms with E-state index in [0.29, 0.717) is 41.2 Å². The second kappa shape index (κ2) is 10.00. The number of ether oxygens (including phenoxy) is 3. The molecule has 0 radical (unpaired) electrons. The van der Waals surface area contributed by atoms with Crippen LogP contribution in [0.5, 0.6) is 17.2 Å². The molecule has 2 aromatic carbocycles. The highest BCUT2D eigenvalue weighted by atomic mass is 19.4. The van der Waals surface area contributed by atoms with Crippen molar-refractivity contribution in [1.29, 1.82) is 5.41 Å². The Morgan fingerprint density at radius 1 is 0.972 bits per heavy atom. The number of hydrogen-bond donors (Lipinski definition) is 1. The summed E-state index contributed by atoms with van der Waals surface area (Å²) in [5.74, 6) is 0.913. The van der Waals surface area contributed by atoms with Gasteiger partial charge in [0.15, 0.2) is 6.61 Å². The molecule has 0 spiro atoms. The summed E-state index contributed by atoms with van der Waals surface area (Å²) in [6, 6.07) is 8.55. The second-order valence-electron chi connectivity index (χ2n) is 8.58. The number of imidazole rings is 1. The zero-order valence-corrected chi connectivity index (χ0v) is 20.2. The van der Waals surface area contributed by atoms with Crippen LogP contribution < -0.4 is 19.8 Å². The van der Waals surface area contributed by atoms with Crippen molar-refractivity contribution in [3.63, 3.8) is 0 Å². The SMILES string of the molecule is COc1cc(CN2CCc3c(OCC(F)(F)F)cc(Cn4ccn(C)c4=N)cc3C2=O)cc(OC)c1. The fraction of sp³-hybridized carbons (Fsp3) is 0.360. The average molecular weight is 505 g/mol. The number of amides is 1. The van der Waals surface area contributed by atoms with Crippen molar-refractivity contribution < 1.29 is 32.2 Å². The van der Waals surface area contributed by atoms with Gasteiger partial charge in [-0.1, -0.05) is 0 Å². The molecule has 0 bridgehead atoms. The van der Waals surface area contributed by atoms with Gasteiger partial charge < -0.3 is 28.2 Å². The van der Waals surface area contributed by atoms with E-state index in [2.05, 4.69) is 0 Å². The van der Waals surface area contributed by atoms with Gasteiger partial charge in [-0.25, -0.2) is 0 Å². The van der Waals surface area contributed by atoms with Gasteiger partial charge in [-0.2, -0.15) is 13.2 Å². The van der Waals surface area contributed by atoms with Crippen molar-refractivity contribution in [3.05, 3.63) is 70.6 Å². The van der Waals surface area contributed by atoms with Gasteiger partial charge >= 0.3 is 6.18 Å². The molecular formula is C25H27F3N4O4. The summed E-state index contributed by atoms with van der Waals surface area (Å²) >= 11 is 0. The van der Waals surface area contributed by atoms with Crippen molar-refractivity contribution in [1.82, 2.24) is 14.0 Å². The monoisotopic (exact) mass is 504 g/mol. The van der Waals surface area contributed by atoms with E-state index in [-0.39, 0.29) is 30.4 Å². The molecule has 11 heteroatoms. The summed E-state index contributed by atoms with van der Waals surface area (Å²) in [7, 11) is 4.80. The van der Waals surface area contributed by atoms with Crippen molar-refractivity contribution in [2.24, 2.45) is 7.05 Å². The van der Waals surface area contributed by atoms with Crippen LogP contribution in [-0.4, -0.2) is 53.5 Å². The molecule has 1 amide bonds. The summed E-state index contributed by atoms with van der Waals surface area (Å²) in [5, 5.41) is 8.14. The fourth-order valence-corrected chi connectivity index (χ4v) is 4.23. The number of fused-ring (bicyclic) bond motifs is 1. The number of halogens is 3. The van der Waals surface area contributed by atoms with Gasteiger partial charge in [-0.15, -0.1) is 0 Å². The molecule has 3 aromatic rings. The Balaban J connectivity index is 1.67.